The van der Waals surface area contributed by atoms with Crippen LogP contribution in [0.4, 0.5) is 8.78 Å². The van der Waals surface area contributed by atoms with Gasteiger partial charge in [-0.3, -0.25) is 9.59 Å². The standard InChI is InChI=1S/C14H17F2NO3/c15-11-7-6-10(9-12(11)16)3-1-4-13(18)17-8-2-5-14(19)20/h6-7,9H,1-5,8H2,(H,17,18)(H,19,20). The quantitative estimate of drug-likeness (QED) is 0.720. The lowest BCUT2D eigenvalue weighted by atomic mass is 10.1. The van der Waals surface area contributed by atoms with Crippen LogP contribution in [0.15, 0.2) is 18.2 Å². The molecular formula is C14H17F2NO3. The van der Waals surface area contributed by atoms with Gasteiger partial charge in [-0.15, -0.1) is 0 Å². The Morgan fingerprint density at radius 2 is 1.85 bits per heavy atom. The van der Waals surface area contributed by atoms with Crippen molar-refractivity contribution < 1.29 is 23.5 Å². The molecule has 1 amide bonds. The molecule has 0 fully saturated rings. The summed E-state index contributed by atoms with van der Waals surface area (Å²) in [6.45, 7) is 0.330. The van der Waals surface area contributed by atoms with Crippen LogP contribution in [0.5, 0.6) is 0 Å². The first-order valence-corrected chi connectivity index (χ1v) is 6.41. The Labute approximate surface area is 115 Å². The van der Waals surface area contributed by atoms with E-state index in [1.807, 2.05) is 0 Å². The van der Waals surface area contributed by atoms with Crippen molar-refractivity contribution in [1.29, 1.82) is 0 Å². The molecule has 0 saturated heterocycles. The maximum absolute atomic E-state index is 12.9. The predicted octanol–water partition coefficient (Wildman–Crippen LogP) is 2.27. The van der Waals surface area contributed by atoms with Gasteiger partial charge in [0.1, 0.15) is 0 Å². The molecule has 0 unspecified atom stereocenters. The van der Waals surface area contributed by atoms with Crippen molar-refractivity contribution in [3.8, 4) is 0 Å². The van der Waals surface area contributed by atoms with E-state index in [2.05, 4.69) is 5.32 Å². The van der Waals surface area contributed by atoms with Crippen LogP contribution in [-0.2, 0) is 16.0 Å². The van der Waals surface area contributed by atoms with Crippen molar-refractivity contribution in [3.63, 3.8) is 0 Å². The van der Waals surface area contributed by atoms with Gasteiger partial charge in [-0.2, -0.15) is 0 Å². The molecule has 0 saturated carbocycles. The summed E-state index contributed by atoms with van der Waals surface area (Å²) < 4.78 is 25.6. The lowest BCUT2D eigenvalue weighted by Gasteiger charge is -2.05. The Bertz CT molecular complexity index is 477. The number of nitrogens with one attached hydrogen (secondary N) is 1. The number of carbonyl (C=O) groups is 2. The van der Waals surface area contributed by atoms with Crippen molar-refractivity contribution in [2.24, 2.45) is 0 Å². The molecular weight excluding hydrogens is 268 g/mol. The van der Waals surface area contributed by atoms with E-state index >= 15 is 0 Å². The minimum Gasteiger partial charge on any atom is -0.481 e. The number of carboxylic acids is 1. The highest BCUT2D eigenvalue weighted by molar-refractivity contribution is 5.75. The third-order valence-corrected chi connectivity index (χ3v) is 2.74. The van der Waals surface area contributed by atoms with Crippen LogP contribution in [0.3, 0.4) is 0 Å². The number of rotatable bonds is 8. The number of halogens is 2. The number of carboxylic acid groups (broad SMARTS) is 1. The largest absolute Gasteiger partial charge is 0.481 e. The number of carbonyl (C=O) groups excluding carboxylic acids is 1. The van der Waals surface area contributed by atoms with Gasteiger partial charge in [0.15, 0.2) is 11.6 Å². The van der Waals surface area contributed by atoms with E-state index in [4.69, 9.17) is 5.11 Å². The van der Waals surface area contributed by atoms with E-state index in [1.165, 1.54) is 6.07 Å². The average Bonchev–Trinajstić information content (AvgIpc) is 2.39. The molecule has 1 rings (SSSR count). The summed E-state index contributed by atoms with van der Waals surface area (Å²) in [6, 6.07) is 3.68. The molecule has 0 aromatic heterocycles. The van der Waals surface area contributed by atoms with E-state index in [1.54, 1.807) is 0 Å². The Kier molecular flexibility index (Phi) is 6.63. The van der Waals surface area contributed by atoms with E-state index in [9.17, 15) is 18.4 Å². The lowest BCUT2D eigenvalue weighted by Crippen LogP contribution is -2.24. The molecule has 1 aromatic rings. The molecule has 0 radical (unpaired) electrons. The first kappa shape index (κ1) is 16.1. The van der Waals surface area contributed by atoms with Gasteiger partial charge in [0.25, 0.3) is 0 Å². The predicted molar refractivity (Wildman–Crippen MR) is 69.2 cm³/mol. The van der Waals surface area contributed by atoms with Crippen LogP contribution in [0.2, 0.25) is 0 Å². The molecule has 0 heterocycles. The molecule has 2 N–H and O–H groups in total. The zero-order valence-corrected chi connectivity index (χ0v) is 11.0. The third kappa shape index (κ3) is 6.26. The zero-order valence-electron chi connectivity index (χ0n) is 11.0. The molecule has 0 aliphatic rings. The number of aliphatic carboxylic acids is 1. The second-order valence-corrected chi connectivity index (χ2v) is 4.45. The molecule has 1 aromatic carbocycles. The summed E-state index contributed by atoms with van der Waals surface area (Å²) in [4.78, 5) is 21.7. The average molecular weight is 285 g/mol. The highest BCUT2D eigenvalue weighted by Gasteiger charge is 2.05. The van der Waals surface area contributed by atoms with Crippen LogP contribution in [0, 0.1) is 11.6 Å². The van der Waals surface area contributed by atoms with E-state index in [0.717, 1.165) is 12.1 Å². The van der Waals surface area contributed by atoms with E-state index < -0.39 is 17.6 Å². The first-order valence-electron chi connectivity index (χ1n) is 6.41. The van der Waals surface area contributed by atoms with Crippen LogP contribution < -0.4 is 5.32 Å². The van der Waals surface area contributed by atoms with Crippen molar-refractivity contribution in [2.75, 3.05) is 6.54 Å². The molecule has 0 bridgehead atoms. The van der Waals surface area contributed by atoms with Crippen molar-refractivity contribution in [2.45, 2.75) is 32.1 Å². The number of hydrogen-bond donors (Lipinski definition) is 2. The maximum Gasteiger partial charge on any atom is 0.303 e. The highest BCUT2D eigenvalue weighted by atomic mass is 19.2. The van der Waals surface area contributed by atoms with E-state index in [-0.39, 0.29) is 18.7 Å². The first-order chi connectivity index (χ1) is 9.49. The Hall–Kier alpha value is -1.98. The Balaban J connectivity index is 2.18. The van der Waals surface area contributed by atoms with Crippen molar-refractivity contribution in [1.82, 2.24) is 5.32 Å². The van der Waals surface area contributed by atoms with Gasteiger partial charge in [0.05, 0.1) is 0 Å². The van der Waals surface area contributed by atoms with Gasteiger partial charge in [0.2, 0.25) is 5.91 Å². The van der Waals surface area contributed by atoms with Crippen molar-refractivity contribution in [3.05, 3.63) is 35.4 Å². The number of benzene rings is 1. The number of amides is 1. The van der Waals surface area contributed by atoms with Crippen LogP contribution >= 0.6 is 0 Å². The summed E-state index contributed by atoms with van der Waals surface area (Å²) in [5, 5.41) is 11.0. The molecule has 6 heteroatoms. The second kappa shape index (κ2) is 8.24. The van der Waals surface area contributed by atoms with E-state index in [0.29, 0.717) is 31.4 Å². The SMILES string of the molecule is O=C(O)CCCNC(=O)CCCc1ccc(F)c(F)c1. The van der Waals surface area contributed by atoms with Crippen molar-refractivity contribution >= 4 is 11.9 Å². The highest BCUT2D eigenvalue weighted by Crippen LogP contribution is 2.11. The van der Waals surface area contributed by atoms with Crippen LogP contribution in [-0.4, -0.2) is 23.5 Å². The Morgan fingerprint density at radius 1 is 1.10 bits per heavy atom. The normalized spacial score (nSPS) is 10.3. The summed E-state index contributed by atoms with van der Waals surface area (Å²) >= 11 is 0. The fourth-order valence-electron chi connectivity index (χ4n) is 1.70. The number of hydrogen-bond acceptors (Lipinski definition) is 2. The fourth-order valence-corrected chi connectivity index (χ4v) is 1.70. The topological polar surface area (TPSA) is 66.4 Å². The van der Waals surface area contributed by atoms with Gasteiger partial charge in [0, 0.05) is 19.4 Å². The Morgan fingerprint density at radius 3 is 2.50 bits per heavy atom. The zero-order chi connectivity index (χ0) is 15.0. The van der Waals surface area contributed by atoms with Gasteiger partial charge in [-0.1, -0.05) is 6.07 Å². The summed E-state index contributed by atoms with van der Waals surface area (Å²) in [6.07, 6.45) is 1.70. The summed E-state index contributed by atoms with van der Waals surface area (Å²) in [5.74, 6) is -2.83. The number of aryl methyl sites for hydroxylation is 1. The van der Waals surface area contributed by atoms with Gasteiger partial charge in [-0.05, 0) is 37.0 Å². The minimum atomic E-state index is -0.891. The fraction of sp³-hybridized carbons (Fsp3) is 0.429. The molecule has 110 valence electrons. The smallest absolute Gasteiger partial charge is 0.303 e. The molecule has 0 atom stereocenters. The van der Waals surface area contributed by atoms with Gasteiger partial charge in [-0.25, -0.2) is 8.78 Å². The maximum atomic E-state index is 12.9. The molecule has 4 nitrogen and oxygen atoms in total. The lowest BCUT2D eigenvalue weighted by molar-refractivity contribution is -0.137. The van der Waals surface area contributed by atoms with Gasteiger partial charge < -0.3 is 10.4 Å². The third-order valence-electron chi connectivity index (χ3n) is 2.74. The minimum absolute atomic E-state index is 0.0230. The molecule has 0 aliphatic carbocycles. The monoisotopic (exact) mass is 285 g/mol. The molecule has 20 heavy (non-hydrogen) atoms. The second-order valence-electron chi connectivity index (χ2n) is 4.45. The molecule has 0 spiro atoms. The molecule has 0 aliphatic heterocycles. The van der Waals surface area contributed by atoms with Crippen LogP contribution in [0.1, 0.15) is 31.2 Å². The van der Waals surface area contributed by atoms with Gasteiger partial charge >= 0.3 is 5.97 Å². The van der Waals surface area contributed by atoms with Crippen LogP contribution in [0.25, 0.3) is 0 Å². The summed E-state index contributed by atoms with van der Waals surface area (Å²) in [7, 11) is 0. The summed E-state index contributed by atoms with van der Waals surface area (Å²) in [5.41, 5.74) is 0.641.